The summed E-state index contributed by atoms with van der Waals surface area (Å²) in [4.78, 5) is 16.9. The maximum atomic E-state index is 12.3. The topological polar surface area (TPSA) is 34.9 Å². The molecule has 2 heterocycles. The third kappa shape index (κ3) is 1.68. The number of benzene rings is 1. The molecular formula is C12H12N2OS2. The van der Waals surface area contributed by atoms with Crippen molar-refractivity contribution < 1.29 is 0 Å². The maximum absolute atomic E-state index is 12.3. The van der Waals surface area contributed by atoms with E-state index >= 15 is 0 Å². The van der Waals surface area contributed by atoms with Crippen LogP contribution in [-0.4, -0.2) is 20.1 Å². The van der Waals surface area contributed by atoms with Crippen LogP contribution in [0.2, 0.25) is 0 Å². The second-order valence-corrected chi connectivity index (χ2v) is 6.38. The van der Waals surface area contributed by atoms with Gasteiger partial charge >= 0.3 is 0 Å². The smallest absolute Gasteiger partial charge is 0.262 e. The summed E-state index contributed by atoms with van der Waals surface area (Å²) in [5, 5.41) is 1.51. The van der Waals surface area contributed by atoms with Gasteiger partial charge in [-0.1, -0.05) is 23.9 Å². The molecule has 2 aromatic rings. The molecule has 0 saturated carbocycles. The van der Waals surface area contributed by atoms with Crippen LogP contribution in [0.3, 0.4) is 0 Å². The SMILES string of the molecule is CC1(CS)Cn2c(nc3ccccc3c2=O)S1. The lowest BCUT2D eigenvalue weighted by Crippen LogP contribution is -2.28. The second kappa shape index (κ2) is 3.78. The monoisotopic (exact) mass is 264 g/mol. The fraction of sp³-hybridized carbons (Fsp3) is 0.333. The molecule has 5 heteroatoms. The van der Waals surface area contributed by atoms with E-state index in [2.05, 4.69) is 24.5 Å². The number of hydrogen-bond acceptors (Lipinski definition) is 4. The Morgan fingerprint density at radius 2 is 2.29 bits per heavy atom. The predicted octanol–water partition coefficient (Wildman–Crippen LogP) is 2.19. The van der Waals surface area contributed by atoms with Crippen molar-refractivity contribution in [1.29, 1.82) is 0 Å². The molecule has 0 radical (unpaired) electrons. The average Bonchev–Trinajstić information content (AvgIpc) is 2.68. The van der Waals surface area contributed by atoms with Crippen molar-refractivity contribution in [3.05, 3.63) is 34.6 Å². The van der Waals surface area contributed by atoms with Crippen LogP contribution < -0.4 is 5.56 Å². The van der Waals surface area contributed by atoms with Crippen molar-refractivity contribution in [2.45, 2.75) is 23.4 Å². The van der Waals surface area contributed by atoms with Crippen molar-refractivity contribution in [2.24, 2.45) is 0 Å². The molecule has 0 saturated heterocycles. The Balaban J connectivity index is 2.28. The van der Waals surface area contributed by atoms with Crippen LogP contribution >= 0.6 is 24.4 Å². The Hall–Kier alpha value is -0.940. The van der Waals surface area contributed by atoms with Crippen molar-refractivity contribution in [1.82, 2.24) is 9.55 Å². The zero-order chi connectivity index (χ0) is 12.0. The van der Waals surface area contributed by atoms with Gasteiger partial charge in [0.25, 0.3) is 5.56 Å². The number of aromatic nitrogens is 2. The van der Waals surface area contributed by atoms with Crippen LogP contribution in [0, 0.1) is 0 Å². The number of para-hydroxylation sites is 1. The van der Waals surface area contributed by atoms with E-state index in [4.69, 9.17) is 0 Å². The lowest BCUT2D eigenvalue weighted by atomic mass is 10.2. The fourth-order valence-corrected chi connectivity index (χ4v) is 3.43. The van der Waals surface area contributed by atoms with Crippen LogP contribution in [0.1, 0.15) is 6.92 Å². The molecule has 3 nitrogen and oxygen atoms in total. The van der Waals surface area contributed by atoms with E-state index in [-0.39, 0.29) is 10.3 Å². The van der Waals surface area contributed by atoms with Crippen LogP contribution in [0.5, 0.6) is 0 Å². The van der Waals surface area contributed by atoms with Gasteiger partial charge in [-0.2, -0.15) is 12.6 Å². The van der Waals surface area contributed by atoms with E-state index < -0.39 is 0 Å². The molecule has 1 aliphatic rings. The quantitative estimate of drug-likeness (QED) is 0.633. The summed E-state index contributed by atoms with van der Waals surface area (Å²) < 4.78 is 1.74. The van der Waals surface area contributed by atoms with Crippen LogP contribution in [-0.2, 0) is 6.54 Å². The summed E-state index contributed by atoms with van der Waals surface area (Å²) >= 11 is 6.00. The largest absolute Gasteiger partial charge is 0.286 e. The van der Waals surface area contributed by atoms with Crippen molar-refractivity contribution in [3.63, 3.8) is 0 Å². The third-order valence-corrected chi connectivity index (χ3v) is 5.16. The molecule has 0 bridgehead atoms. The molecule has 0 amide bonds. The Bertz CT molecular complexity index is 652. The average molecular weight is 264 g/mol. The minimum atomic E-state index is -0.0281. The molecule has 1 unspecified atom stereocenters. The van der Waals surface area contributed by atoms with Crippen molar-refractivity contribution in [2.75, 3.05) is 5.75 Å². The summed E-state index contributed by atoms with van der Waals surface area (Å²) in [6.45, 7) is 2.80. The van der Waals surface area contributed by atoms with E-state index in [1.807, 2.05) is 24.3 Å². The van der Waals surface area contributed by atoms with Gasteiger partial charge in [-0.25, -0.2) is 4.98 Å². The standard InChI is InChI=1S/C12H12N2OS2/c1-12(7-16)6-14-10(15)8-4-2-3-5-9(8)13-11(14)17-12/h2-5,16H,6-7H2,1H3. The maximum Gasteiger partial charge on any atom is 0.262 e. The molecule has 3 rings (SSSR count). The number of hydrogen-bond donors (Lipinski definition) is 1. The van der Waals surface area contributed by atoms with E-state index in [0.29, 0.717) is 11.9 Å². The summed E-state index contributed by atoms with van der Waals surface area (Å²) in [6, 6.07) is 7.50. The fourth-order valence-electron chi connectivity index (χ4n) is 2.03. The predicted molar refractivity (Wildman–Crippen MR) is 74.1 cm³/mol. The highest BCUT2D eigenvalue weighted by Gasteiger charge is 2.34. The van der Waals surface area contributed by atoms with E-state index in [9.17, 15) is 4.79 Å². The zero-order valence-corrected chi connectivity index (χ0v) is 11.1. The number of rotatable bonds is 1. The number of nitrogens with zero attached hydrogens (tertiary/aromatic N) is 2. The van der Waals surface area contributed by atoms with Gasteiger partial charge in [-0.15, -0.1) is 0 Å². The molecule has 0 N–H and O–H groups in total. The molecule has 17 heavy (non-hydrogen) atoms. The number of thiol groups is 1. The first-order chi connectivity index (χ1) is 8.13. The van der Waals surface area contributed by atoms with Gasteiger partial charge in [0.1, 0.15) is 0 Å². The molecule has 1 aromatic heterocycles. The zero-order valence-electron chi connectivity index (χ0n) is 9.38. The number of thioether (sulfide) groups is 1. The molecule has 1 aliphatic heterocycles. The Morgan fingerprint density at radius 1 is 1.53 bits per heavy atom. The minimum absolute atomic E-state index is 0.0281. The Kier molecular flexibility index (Phi) is 2.48. The van der Waals surface area contributed by atoms with E-state index in [1.165, 1.54) is 0 Å². The molecule has 0 spiro atoms. The van der Waals surface area contributed by atoms with Crippen LogP contribution in [0.25, 0.3) is 10.9 Å². The molecule has 88 valence electrons. The Labute approximate surface area is 109 Å². The first-order valence-electron chi connectivity index (χ1n) is 5.42. The highest BCUT2D eigenvalue weighted by molar-refractivity contribution is 8.01. The second-order valence-electron chi connectivity index (χ2n) is 4.51. The third-order valence-electron chi connectivity index (χ3n) is 2.99. The van der Waals surface area contributed by atoms with Gasteiger partial charge in [0, 0.05) is 17.0 Å². The first-order valence-corrected chi connectivity index (χ1v) is 6.87. The van der Waals surface area contributed by atoms with Crippen LogP contribution in [0.15, 0.2) is 34.2 Å². The lowest BCUT2D eigenvalue weighted by molar-refractivity contribution is 0.553. The molecule has 1 aromatic carbocycles. The van der Waals surface area contributed by atoms with Crippen LogP contribution in [0.4, 0.5) is 0 Å². The van der Waals surface area contributed by atoms with Crippen molar-refractivity contribution in [3.8, 4) is 0 Å². The molecule has 0 aliphatic carbocycles. The van der Waals surface area contributed by atoms with Gasteiger partial charge < -0.3 is 0 Å². The molecule has 0 fully saturated rings. The summed E-state index contributed by atoms with van der Waals surface area (Å²) in [7, 11) is 0. The lowest BCUT2D eigenvalue weighted by Gasteiger charge is -2.17. The van der Waals surface area contributed by atoms with Gasteiger partial charge in [-0.3, -0.25) is 9.36 Å². The van der Waals surface area contributed by atoms with Crippen molar-refractivity contribution >= 4 is 35.3 Å². The highest BCUT2D eigenvalue weighted by atomic mass is 32.2. The highest BCUT2D eigenvalue weighted by Crippen LogP contribution is 2.39. The first kappa shape index (κ1) is 11.2. The van der Waals surface area contributed by atoms with E-state index in [1.54, 1.807) is 16.3 Å². The number of fused-ring (bicyclic) bond motifs is 2. The van der Waals surface area contributed by atoms with Gasteiger partial charge in [0.15, 0.2) is 5.16 Å². The Morgan fingerprint density at radius 3 is 3.06 bits per heavy atom. The van der Waals surface area contributed by atoms with E-state index in [0.717, 1.165) is 16.4 Å². The normalized spacial score (nSPS) is 22.9. The van der Waals surface area contributed by atoms with Gasteiger partial charge in [0.05, 0.1) is 10.9 Å². The van der Waals surface area contributed by atoms with Gasteiger partial charge in [0.2, 0.25) is 0 Å². The minimum Gasteiger partial charge on any atom is -0.286 e. The molecular weight excluding hydrogens is 252 g/mol. The molecule has 1 atom stereocenters. The summed E-state index contributed by atoms with van der Waals surface area (Å²) in [5.74, 6) is 0.733. The summed E-state index contributed by atoms with van der Waals surface area (Å²) in [6.07, 6.45) is 0. The summed E-state index contributed by atoms with van der Waals surface area (Å²) in [5.41, 5.74) is 0.836. The van der Waals surface area contributed by atoms with Gasteiger partial charge in [-0.05, 0) is 19.1 Å².